The van der Waals surface area contributed by atoms with E-state index >= 15 is 0 Å². The van der Waals surface area contributed by atoms with Gasteiger partial charge in [0.05, 0.1) is 5.92 Å². The molecular weight excluding hydrogens is 347 g/mol. The number of piperidine rings is 1. The van der Waals surface area contributed by atoms with E-state index in [1.54, 1.807) is 6.92 Å². The van der Waals surface area contributed by atoms with Gasteiger partial charge in [-0.15, -0.1) is 0 Å². The van der Waals surface area contributed by atoms with Gasteiger partial charge in [-0.05, 0) is 74.3 Å². The first-order valence-corrected chi connectivity index (χ1v) is 9.04. The predicted molar refractivity (Wildman–Crippen MR) is 101 cm³/mol. The van der Waals surface area contributed by atoms with Crippen molar-refractivity contribution >= 4 is 17.6 Å². The van der Waals surface area contributed by atoms with Crippen LogP contribution >= 0.6 is 0 Å². The Morgan fingerprint density at radius 3 is 2.59 bits per heavy atom. The van der Waals surface area contributed by atoms with Crippen LogP contribution < -0.4 is 5.32 Å². The van der Waals surface area contributed by atoms with Gasteiger partial charge in [-0.2, -0.15) is 0 Å². The number of aliphatic carboxylic acids is 1. The molecule has 1 fully saturated rings. The number of carbonyl (C=O) groups excluding carboxylic acids is 1. The largest absolute Gasteiger partial charge is 0.481 e. The molecule has 2 aromatic carbocycles. The Kier molecular flexibility index (Phi) is 5.86. The summed E-state index contributed by atoms with van der Waals surface area (Å²) >= 11 is 0. The van der Waals surface area contributed by atoms with Gasteiger partial charge < -0.3 is 10.4 Å². The van der Waals surface area contributed by atoms with Crippen molar-refractivity contribution in [2.75, 3.05) is 18.4 Å². The van der Waals surface area contributed by atoms with Gasteiger partial charge in [0.1, 0.15) is 5.82 Å². The number of benzene rings is 2. The van der Waals surface area contributed by atoms with E-state index in [1.165, 1.54) is 18.2 Å². The molecule has 1 saturated heterocycles. The van der Waals surface area contributed by atoms with E-state index in [0.717, 1.165) is 18.7 Å². The minimum atomic E-state index is -0.713. The van der Waals surface area contributed by atoms with Crippen LogP contribution in [-0.2, 0) is 11.3 Å². The zero-order valence-corrected chi connectivity index (χ0v) is 15.2. The van der Waals surface area contributed by atoms with Crippen molar-refractivity contribution < 1.29 is 19.1 Å². The van der Waals surface area contributed by atoms with Gasteiger partial charge in [0, 0.05) is 17.8 Å². The Labute approximate surface area is 157 Å². The van der Waals surface area contributed by atoms with Crippen LogP contribution in [0.2, 0.25) is 0 Å². The van der Waals surface area contributed by atoms with Gasteiger partial charge in [-0.3, -0.25) is 14.5 Å². The first kappa shape index (κ1) is 19.0. The third kappa shape index (κ3) is 4.92. The van der Waals surface area contributed by atoms with E-state index in [0.29, 0.717) is 36.2 Å². The van der Waals surface area contributed by atoms with Gasteiger partial charge >= 0.3 is 5.97 Å². The molecule has 5 nitrogen and oxygen atoms in total. The molecule has 1 amide bonds. The van der Waals surface area contributed by atoms with Gasteiger partial charge in [0.15, 0.2) is 0 Å². The molecule has 0 saturated carbocycles. The molecule has 0 aliphatic carbocycles. The molecular formula is C21H23FN2O3. The number of nitrogens with one attached hydrogen (secondary N) is 1. The topological polar surface area (TPSA) is 69.6 Å². The van der Waals surface area contributed by atoms with E-state index in [9.17, 15) is 14.0 Å². The fourth-order valence-corrected chi connectivity index (χ4v) is 3.33. The standard InChI is InChI=1S/C21H23FN2O3/c1-14-11-17(5-6-19(14)22)20(25)23-18-4-2-3-15(12-18)13-24-9-7-16(8-10-24)21(26)27/h2-6,11-12,16H,7-10,13H2,1H3,(H,23,25)(H,26,27). The number of hydrogen-bond acceptors (Lipinski definition) is 3. The molecule has 0 radical (unpaired) electrons. The van der Waals surface area contributed by atoms with E-state index in [2.05, 4.69) is 10.2 Å². The lowest BCUT2D eigenvalue weighted by molar-refractivity contribution is -0.143. The Morgan fingerprint density at radius 2 is 1.93 bits per heavy atom. The number of amides is 1. The molecule has 3 rings (SSSR count). The van der Waals surface area contributed by atoms with Crippen LogP contribution in [0.1, 0.15) is 34.3 Å². The Morgan fingerprint density at radius 1 is 1.19 bits per heavy atom. The van der Waals surface area contributed by atoms with Crippen LogP contribution in [0, 0.1) is 18.7 Å². The number of likely N-dealkylation sites (tertiary alicyclic amines) is 1. The van der Waals surface area contributed by atoms with Crippen molar-refractivity contribution in [3.05, 3.63) is 65.0 Å². The number of rotatable bonds is 5. The second kappa shape index (κ2) is 8.31. The number of carbonyl (C=O) groups is 2. The summed E-state index contributed by atoms with van der Waals surface area (Å²) in [5.74, 6) is -1.57. The molecule has 0 atom stereocenters. The van der Waals surface area contributed by atoms with Crippen molar-refractivity contribution in [2.45, 2.75) is 26.3 Å². The third-order valence-corrected chi connectivity index (χ3v) is 4.95. The highest BCUT2D eigenvalue weighted by Gasteiger charge is 2.24. The molecule has 27 heavy (non-hydrogen) atoms. The molecule has 0 spiro atoms. The number of halogens is 1. The van der Waals surface area contributed by atoms with Crippen LogP contribution in [0.3, 0.4) is 0 Å². The minimum Gasteiger partial charge on any atom is -0.481 e. The van der Waals surface area contributed by atoms with Gasteiger partial charge in [-0.1, -0.05) is 12.1 Å². The third-order valence-electron chi connectivity index (χ3n) is 4.95. The summed E-state index contributed by atoms with van der Waals surface area (Å²) < 4.78 is 13.4. The maximum absolute atomic E-state index is 13.4. The van der Waals surface area contributed by atoms with Crippen molar-refractivity contribution in [1.29, 1.82) is 0 Å². The monoisotopic (exact) mass is 370 g/mol. The highest BCUT2D eigenvalue weighted by Crippen LogP contribution is 2.21. The molecule has 0 aromatic heterocycles. The lowest BCUT2D eigenvalue weighted by Gasteiger charge is -2.30. The second-order valence-electron chi connectivity index (χ2n) is 7.01. The Hall–Kier alpha value is -2.73. The van der Waals surface area contributed by atoms with Crippen molar-refractivity contribution in [3.63, 3.8) is 0 Å². The average molecular weight is 370 g/mol. The van der Waals surface area contributed by atoms with E-state index in [-0.39, 0.29) is 17.6 Å². The summed E-state index contributed by atoms with van der Waals surface area (Å²) in [6, 6.07) is 11.9. The SMILES string of the molecule is Cc1cc(C(=O)Nc2cccc(CN3CCC(C(=O)O)CC3)c2)ccc1F. The summed E-state index contributed by atoms with van der Waals surface area (Å²) in [5.41, 5.74) is 2.58. The minimum absolute atomic E-state index is 0.244. The van der Waals surface area contributed by atoms with Crippen molar-refractivity contribution in [3.8, 4) is 0 Å². The summed E-state index contributed by atoms with van der Waals surface area (Å²) in [7, 11) is 0. The predicted octanol–water partition coefficient (Wildman–Crippen LogP) is 3.68. The quantitative estimate of drug-likeness (QED) is 0.842. The van der Waals surface area contributed by atoms with E-state index in [4.69, 9.17) is 5.11 Å². The number of carboxylic acid groups (broad SMARTS) is 1. The highest BCUT2D eigenvalue weighted by atomic mass is 19.1. The molecule has 6 heteroatoms. The highest BCUT2D eigenvalue weighted by molar-refractivity contribution is 6.04. The average Bonchev–Trinajstić information content (AvgIpc) is 2.64. The molecule has 2 aromatic rings. The molecule has 0 bridgehead atoms. The fourth-order valence-electron chi connectivity index (χ4n) is 3.33. The zero-order valence-electron chi connectivity index (χ0n) is 15.2. The second-order valence-corrected chi connectivity index (χ2v) is 7.01. The Balaban J connectivity index is 1.61. The lowest BCUT2D eigenvalue weighted by atomic mass is 9.97. The van der Waals surface area contributed by atoms with Gasteiger partial charge in [0.25, 0.3) is 5.91 Å². The summed E-state index contributed by atoms with van der Waals surface area (Å²) in [5, 5.41) is 11.9. The maximum Gasteiger partial charge on any atom is 0.306 e. The van der Waals surface area contributed by atoms with Crippen LogP contribution in [-0.4, -0.2) is 35.0 Å². The van der Waals surface area contributed by atoms with Crippen LogP contribution in [0.4, 0.5) is 10.1 Å². The van der Waals surface area contributed by atoms with Crippen molar-refractivity contribution in [1.82, 2.24) is 4.90 Å². The number of carboxylic acids is 1. The van der Waals surface area contributed by atoms with Gasteiger partial charge in [0.2, 0.25) is 0 Å². The van der Waals surface area contributed by atoms with Crippen molar-refractivity contribution in [2.24, 2.45) is 5.92 Å². The molecule has 1 heterocycles. The van der Waals surface area contributed by atoms with E-state index in [1.807, 2.05) is 24.3 Å². The maximum atomic E-state index is 13.4. The molecule has 142 valence electrons. The first-order chi connectivity index (χ1) is 12.9. The Bertz CT molecular complexity index is 845. The number of anilines is 1. The summed E-state index contributed by atoms with van der Waals surface area (Å²) in [4.78, 5) is 25.6. The van der Waals surface area contributed by atoms with Gasteiger partial charge in [-0.25, -0.2) is 4.39 Å². The summed E-state index contributed by atoms with van der Waals surface area (Å²) in [6.07, 6.45) is 1.32. The normalized spacial score (nSPS) is 15.5. The first-order valence-electron chi connectivity index (χ1n) is 9.04. The van der Waals surface area contributed by atoms with Crippen LogP contribution in [0.25, 0.3) is 0 Å². The lowest BCUT2D eigenvalue weighted by Crippen LogP contribution is -2.35. The number of aryl methyl sites for hydroxylation is 1. The number of nitrogens with zero attached hydrogens (tertiary/aromatic N) is 1. The molecule has 0 unspecified atom stereocenters. The zero-order chi connectivity index (χ0) is 19.4. The number of hydrogen-bond donors (Lipinski definition) is 2. The van der Waals surface area contributed by atoms with Crippen LogP contribution in [0.5, 0.6) is 0 Å². The van der Waals surface area contributed by atoms with Crippen LogP contribution in [0.15, 0.2) is 42.5 Å². The summed E-state index contributed by atoms with van der Waals surface area (Å²) in [6.45, 7) is 3.84. The molecule has 1 aliphatic heterocycles. The molecule has 1 aliphatic rings. The smallest absolute Gasteiger partial charge is 0.306 e. The molecule has 2 N–H and O–H groups in total. The van der Waals surface area contributed by atoms with E-state index < -0.39 is 5.97 Å². The fraction of sp³-hybridized carbons (Fsp3) is 0.333.